The Labute approximate surface area is 114 Å². The molecule has 3 nitrogen and oxygen atoms in total. The SMILES string of the molecule is CN(Cc1ccccc1C=CC(=O)O)CC1CCC1. The van der Waals surface area contributed by atoms with Crippen molar-refractivity contribution in [2.24, 2.45) is 5.92 Å². The molecule has 1 aromatic carbocycles. The summed E-state index contributed by atoms with van der Waals surface area (Å²) in [6.45, 7) is 2.01. The van der Waals surface area contributed by atoms with Gasteiger partial charge in [-0.05, 0) is 43.0 Å². The van der Waals surface area contributed by atoms with Crippen LogP contribution in [0.2, 0.25) is 0 Å². The topological polar surface area (TPSA) is 40.5 Å². The van der Waals surface area contributed by atoms with Crippen molar-refractivity contribution < 1.29 is 9.90 Å². The smallest absolute Gasteiger partial charge is 0.328 e. The summed E-state index contributed by atoms with van der Waals surface area (Å²) < 4.78 is 0. The van der Waals surface area contributed by atoms with Gasteiger partial charge in [0, 0.05) is 19.2 Å². The third-order valence-corrected chi connectivity index (χ3v) is 3.70. The van der Waals surface area contributed by atoms with Gasteiger partial charge in [-0.15, -0.1) is 0 Å². The molecule has 1 fully saturated rings. The first-order valence-corrected chi connectivity index (χ1v) is 6.82. The van der Waals surface area contributed by atoms with E-state index < -0.39 is 5.97 Å². The van der Waals surface area contributed by atoms with E-state index in [1.165, 1.54) is 30.9 Å². The second kappa shape index (κ2) is 6.53. The number of aliphatic carboxylic acids is 1. The van der Waals surface area contributed by atoms with Crippen molar-refractivity contribution in [2.75, 3.05) is 13.6 Å². The minimum Gasteiger partial charge on any atom is -0.478 e. The van der Waals surface area contributed by atoms with Gasteiger partial charge in [-0.2, -0.15) is 0 Å². The zero-order valence-corrected chi connectivity index (χ0v) is 11.4. The molecule has 0 radical (unpaired) electrons. The number of benzene rings is 1. The van der Waals surface area contributed by atoms with Gasteiger partial charge in [0.05, 0.1) is 0 Å². The zero-order valence-electron chi connectivity index (χ0n) is 11.4. The molecule has 102 valence electrons. The summed E-state index contributed by atoms with van der Waals surface area (Å²) >= 11 is 0. The first-order valence-electron chi connectivity index (χ1n) is 6.82. The highest BCUT2D eigenvalue weighted by Gasteiger charge is 2.19. The summed E-state index contributed by atoms with van der Waals surface area (Å²) in [7, 11) is 2.13. The van der Waals surface area contributed by atoms with Crippen LogP contribution in [-0.2, 0) is 11.3 Å². The van der Waals surface area contributed by atoms with E-state index in [9.17, 15) is 4.79 Å². The van der Waals surface area contributed by atoms with Crippen LogP contribution in [0, 0.1) is 5.92 Å². The molecule has 19 heavy (non-hydrogen) atoms. The van der Waals surface area contributed by atoms with Crippen LogP contribution in [-0.4, -0.2) is 29.6 Å². The van der Waals surface area contributed by atoms with Gasteiger partial charge in [-0.1, -0.05) is 30.7 Å². The van der Waals surface area contributed by atoms with Gasteiger partial charge >= 0.3 is 5.97 Å². The van der Waals surface area contributed by atoms with Crippen LogP contribution in [0.15, 0.2) is 30.3 Å². The largest absolute Gasteiger partial charge is 0.478 e. The summed E-state index contributed by atoms with van der Waals surface area (Å²) in [6.07, 6.45) is 6.95. The van der Waals surface area contributed by atoms with Crippen molar-refractivity contribution in [1.29, 1.82) is 0 Å². The predicted octanol–water partition coefficient (Wildman–Crippen LogP) is 3.02. The fourth-order valence-electron chi connectivity index (χ4n) is 2.47. The summed E-state index contributed by atoms with van der Waals surface area (Å²) in [6, 6.07) is 7.98. The molecule has 0 heterocycles. The molecule has 0 spiro atoms. The highest BCUT2D eigenvalue weighted by molar-refractivity contribution is 5.85. The number of hydrogen-bond acceptors (Lipinski definition) is 2. The van der Waals surface area contributed by atoms with Crippen molar-refractivity contribution in [3.8, 4) is 0 Å². The van der Waals surface area contributed by atoms with E-state index in [0.29, 0.717) is 0 Å². The molecule has 3 heteroatoms. The minimum absolute atomic E-state index is 0.853. The van der Waals surface area contributed by atoms with Gasteiger partial charge in [0.1, 0.15) is 0 Å². The summed E-state index contributed by atoms with van der Waals surface area (Å²) in [5.74, 6) is -0.0515. The Bertz CT molecular complexity index is 464. The van der Waals surface area contributed by atoms with Crippen LogP contribution in [0.3, 0.4) is 0 Å². The molecule has 1 aliphatic rings. The lowest BCUT2D eigenvalue weighted by molar-refractivity contribution is -0.131. The van der Waals surface area contributed by atoms with Crippen molar-refractivity contribution in [3.63, 3.8) is 0 Å². The number of carboxylic acid groups (broad SMARTS) is 1. The van der Waals surface area contributed by atoms with Crippen LogP contribution in [0.4, 0.5) is 0 Å². The van der Waals surface area contributed by atoms with Crippen molar-refractivity contribution >= 4 is 12.0 Å². The third-order valence-electron chi connectivity index (χ3n) is 3.70. The quantitative estimate of drug-likeness (QED) is 0.798. The molecule has 0 aliphatic heterocycles. The Hall–Kier alpha value is -1.61. The van der Waals surface area contributed by atoms with Gasteiger partial charge in [0.15, 0.2) is 0 Å². The van der Waals surface area contributed by atoms with Crippen molar-refractivity contribution in [3.05, 3.63) is 41.5 Å². The van der Waals surface area contributed by atoms with Gasteiger partial charge in [-0.25, -0.2) is 4.79 Å². The van der Waals surface area contributed by atoms with E-state index in [0.717, 1.165) is 24.6 Å². The van der Waals surface area contributed by atoms with E-state index in [1.807, 2.05) is 18.2 Å². The Balaban J connectivity index is 1.99. The van der Waals surface area contributed by atoms with E-state index in [4.69, 9.17) is 5.11 Å². The maximum atomic E-state index is 10.6. The lowest BCUT2D eigenvalue weighted by Crippen LogP contribution is -2.29. The van der Waals surface area contributed by atoms with Gasteiger partial charge < -0.3 is 10.0 Å². The maximum Gasteiger partial charge on any atom is 0.328 e. The van der Waals surface area contributed by atoms with E-state index in [-0.39, 0.29) is 0 Å². The highest BCUT2D eigenvalue weighted by atomic mass is 16.4. The van der Waals surface area contributed by atoms with E-state index in [2.05, 4.69) is 18.0 Å². The van der Waals surface area contributed by atoms with E-state index in [1.54, 1.807) is 6.08 Å². The number of carboxylic acids is 1. The predicted molar refractivity (Wildman–Crippen MR) is 76.8 cm³/mol. The van der Waals surface area contributed by atoms with Gasteiger partial charge in [0.25, 0.3) is 0 Å². The molecule has 0 atom stereocenters. The molecule has 1 N–H and O–H groups in total. The van der Waals surface area contributed by atoms with Crippen LogP contribution >= 0.6 is 0 Å². The van der Waals surface area contributed by atoms with Gasteiger partial charge in [0.2, 0.25) is 0 Å². The third kappa shape index (κ3) is 4.21. The zero-order chi connectivity index (χ0) is 13.7. The van der Waals surface area contributed by atoms with Crippen LogP contribution in [0.25, 0.3) is 6.08 Å². The molecule has 2 rings (SSSR count). The van der Waals surface area contributed by atoms with Crippen molar-refractivity contribution in [1.82, 2.24) is 4.90 Å². The fourth-order valence-corrected chi connectivity index (χ4v) is 2.47. The maximum absolute atomic E-state index is 10.6. The van der Waals surface area contributed by atoms with E-state index >= 15 is 0 Å². The average Bonchev–Trinajstić information content (AvgIpc) is 2.33. The molecular formula is C16H21NO2. The molecule has 0 saturated heterocycles. The molecular weight excluding hydrogens is 238 g/mol. The van der Waals surface area contributed by atoms with Gasteiger partial charge in [-0.3, -0.25) is 0 Å². The number of rotatable bonds is 6. The standard InChI is InChI=1S/C16H21NO2/c1-17(11-13-5-4-6-13)12-15-8-3-2-7-14(15)9-10-16(18)19/h2-3,7-10,13H,4-6,11-12H2,1H3,(H,18,19). The number of hydrogen-bond donors (Lipinski definition) is 1. The first kappa shape index (κ1) is 13.8. The lowest BCUT2D eigenvalue weighted by Gasteiger charge is -2.30. The van der Waals surface area contributed by atoms with Crippen molar-refractivity contribution in [2.45, 2.75) is 25.8 Å². The molecule has 0 unspecified atom stereocenters. The molecule has 1 aromatic rings. The van der Waals surface area contributed by atoms with Crippen LogP contribution in [0.1, 0.15) is 30.4 Å². The summed E-state index contributed by atoms with van der Waals surface area (Å²) in [5, 5.41) is 8.71. The summed E-state index contributed by atoms with van der Waals surface area (Å²) in [4.78, 5) is 12.9. The molecule has 0 amide bonds. The fraction of sp³-hybridized carbons (Fsp3) is 0.438. The Morgan fingerprint density at radius 2 is 2.16 bits per heavy atom. The molecule has 0 aromatic heterocycles. The summed E-state index contributed by atoms with van der Waals surface area (Å²) in [5.41, 5.74) is 2.17. The highest BCUT2D eigenvalue weighted by Crippen LogP contribution is 2.27. The second-order valence-electron chi connectivity index (χ2n) is 5.36. The molecule has 1 saturated carbocycles. The Morgan fingerprint density at radius 1 is 1.42 bits per heavy atom. The average molecular weight is 259 g/mol. The molecule has 1 aliphatic carbocycles. The molecule has 0 bridgehead atoms. The monoisotopic (exact) mass is 259 g/mol. The minimum atomic E-state index is -0.905. The number of carbonyl (C=O) groups is 1. The van der Waals surface area contributed by atoms with Crippen LogP contribution in [0.5, 0.6) is 0 Å². The van der Waals surface area contributed by atoms with Crippen LogP contribution < -0.4 is 0 Å². The second-order valence-corrected chi connectivity index (χ2v) is 5.36. The Morgan fingerprint density at radius 3 is 2.79 bits per heavy atom. The normalized spacial score (nSPS) is 15.9. The first-order chi connectivity index (χ1) is 9.15. The Kier molecular flexibility index (Phi) is 4.74. The lowest BCUT2D eigenvalue weighted by atomic mass is 9.85. The number of nitrogens with zero attached hydrogens (tertiary/aromatic N) is 1.